The Morgan fingerprint density at radius 3 is 2.56 bits per heavy atom. The summed E-state index contributed by atoms with van der Waals surface area (Å²) in [5.41, 5.74) is 6.33. The molecular weight excluding hydrogens is 448 g/mol. The van der Waals surface area contributed by atoms with Crippen molar-refractivity contribution in [1.82, 2.24) is 24.8 Å². The summed E-state index contributed by atoms with van der Waals surface area (Å²) >= 11 is 0. The lowest BCUT2D eigenvalue weighted by Gasteiger charge is -2.34. The molecule has 1 fully saturated rings. The summed E-state index contributed by atoms with van der Waals surface area (Å²) in [4.78, 5) is 21.4. The zero-order chi connectivity index (χ0) is 24.1. The largest absolute Gasteiger partial charge is 0.459 e. The van der Waals surface area contributed by atoms with Crippen molar-refractivity contribution >= 4 is 16.6 Å². The number of likely N-dealkylation sites (N-methyl/N-ethyl adjacent to an activating group) is 1. The molecule has 2 aliphatic heterocycles. The number of hydrogen-bond donors (Lipinski definition) is 0. The molecule has 7 rings (SSSR count). The van der Waals surface area contributed by atoms with Crippen LogP contribution in [0.3, 0.4) is 0 Å². The Hall–Kier alpha value is -3.55. The van der Waals surface area contributed by atoms with Crippen LogP contribution >= 0.6 is 0 Å². The molecule has 1 saturated heterocycles. The summed E-state index contributed by atoms with van der Waals surface area (Å²) in [7, 11) is 2.19. The maximum atomic E-state index is 6.12. The van der Waals surface area contributed by atoms with Gasteiger partial charge >= 0.3 is 6.01 Å². The molecule has 3 aliphatic rings. The molecule has 0 saturated carbocycles. The average molecular weight is 479 g/mol. The van der Waals surface area contributed by atoms with E-state index in [0.717, 1.165) is 62.8 Å². The van der Waals surface area contributed by atoms with Gasteiger partial charge in [-0.1, -0.05) is 36.4 Å². The third-order valence-corrected chi connectivity index (χ3v) is 7.92. The number of benzene rings is 2. The third kappa shape index (κ3) is 3.79. The summed E-state index contributed by atoms with van der Waals surface area (Å²) in [6.07, 6.45) is 4.62. The first-order valence-corrected chi connectivity index (χ1v) is 12.8. The van der Waals surface area contributed by atoms with E-state index in [1.54, 1.807) is 12.4 Å². The van der Waals surface area contributed by atoms with Crippen molar-refractivity contribution < 1.29 is 4.74 Å². The highest BCUT2D eigenvalue weighted by molar-refractivity contribution is 5.91. The first-order valence-electron chi connectivity index (χ1n) is 12.8. The quantitative estimate of drug-likeness (QED) is 0.430. The first-order chi connectivity index (χ1) is 17.7. The van der Waals surface area contributed by atoms with E-state index in [1.807, 2.05) is 12.1 Å². The van der Waals surface area contributed by atoms with Crippen molar-refractivity contribution in [3.05, 3.63) is 88.9 Å². The van der Waals surface area contributed by atoms with E-state index < -0.39 is 0 Å². The molecule has 0 radical (unpaired) electrons. The highest BCUT2D eigenvalue weighted by Crippen LogP contribution is 2.44. The maximum Gasteiger partial charge on any atom is 0.318 e. The van der Waals surface area contributed by atoms with Crippen LogP contribution in [0.5, 0.6) is 6.01 Å². The van der Waals surface area contributed by atoms with Crippen molar-refractivity contribution in [1.29, 1.82) is 0 Å². The number of ether oxygens (including phenoxy) is 1. The van der Waals surface area contributed by atoms with Gasteiger partial charge in [0.1, 0.15) is 12.4 Å². The van der Waals surface area contributed by atoms with E-state index in [0.29, 0.717) is 18.7 Å². The van der Waals surface area contributed by atoms with Crippen molar-refractivity contribution in [2.75, 3.05) is 38.1 Å². The van der Waals surface area contributed by atoms with Gasteiger partial charge in [0.2, 0.25) is 0 Å². The number of hydrogen-bond acceptors (Lipinski definition) is 7. The molecule has 1 unspecified atom stereocenters. The molecule has 2 aromatic heterocycles. The molecule has 36 heavy (non-hydrogen) atoms. The SMILES string of the molecule is CN1CCN(c2nc(OCc3ccncc3)nc3c2CN(C2Cc4cccc5cccc2c45)C3)CC1. The second-order valence-electron chi connectivity index (χ2n) is 10.2. The van der Waals surface area contributed by atoms with Crippen LogP contribution < -0.4 is 9.64 Å². The Kier molecular flexibility index (Phi) is 5.33. The monoisotopic (exact) mass is 478 g/mol. The van der Waals surface area contributed by atoms with Crippen LogP contribution in [0.25, 0.3) is 10.8 Å². The molecule has 0 spiro atoms. The summed E-state index contributed by atoms with van der Waals surface area (Å²) in [5, 5.41) is 2.78. The van der Waals surface area contributed by atoms with Gasteiger partial charge in [-0.2, -0.15) is 9.97 Å². The lowest BCUT2D eigenvalue weighted by atomic mass is 10.0. The highest BCUT2D eigenvalue weighted by Gasteiger charge is 2.36. The molecule has 1 aliphatic carbocycles. The molecule has 0 bridgehead atoms. The van der Waals surface area contributed by atoms with Gasteiger partial charge in [0.25, 0.3) is 0 Å². The zero-order valence-electron chi connectivity index (χ0n) is 20.6. The van der Waals surface area contributed by atoms with Crippen LogP contribution in [0.2, 0.25) is 0 Å². The number of aromatic nitrogens is 3. The Morgan fingerprint density at radius 1 is 0.917 bits per heavy atom. The van der Waals surface area contributed by atoms with Crippen molar-refractivity contribution in [3.63, 3.8) is 0 Å². The van der Waals surface area contributed by atoms with Crippen molar-refractivity contribution in [2.24, 2.45) is 0 Å². The number of fused-ring (bicyclic) bond motifs is 1. The van der Waals surface area contributed by atoms with Crippen molar-refractivity contribution in [2.45, 2.75) is 32.2 Å². The zero-order valence-corrected chi connectivity index (χ0v) is 20.6. The Balaban J connectivity index is 1.20. The fourth-order valence-electron chi connectivity index (χ4n) is 5.97. The second-order valence-corrected chi connectivity index (χ2v) is 10.2. The van der Waals surface area contributed by atoms with E-state index in [4.69, 9.17) is 14.7 Å². The number of pyridine rings is 1. The number of nitrogens with zero attached hydrogens (tertiary/aromatic N) is 6. The van der Waals surface area contributed by atoms with Crippen LogP contribution in [0.1, 0.15) is 34.0 Å². The van der Waals surface area contributed by atoms with E-state index in [1.165, 1.54) is 27.5 Å². The van der Waals surface area contributed by atoms with Gasteiger partial charge in [0.15, 0.2) is 0 Å². The fraction of sp³-hybridized carbons (Fsp3) is 0.345. The smallest absolute Gasteiger partial charge is 0.318 e. The van der Waals surface area contributed by atoms with Gasteiger partial charge in [0.05, 0.1) is 5.69 Å². The summed E-state index contributed by atoms with van der Waals surface area (Å²) in [6, 6.07) is 18.2. The Bertz CT molecular complexity index is 1410. The predicted molar refractivity (Wildman–Crippen MR) is 140 cm³/mol. The van der Waals surface area contributed by atoms with Crippen molar-refractivity contribution in [3.8, 4) is 6.01 Å². The van der Waals surface area contributed by atoms with Gasteiger partial charge in [-0.25, -0.2) is 0 Å². The predicted octanol–water partition coefficient (Wildman–Crippen LogP) is 3.97. The lowest BCUT2D eigenvalue weighted by Crippen LogP contribution is -2.45. The molecular formula is C29H30N6O. The Labute approximate surface area is 211 Å². The molecule has 2 aromatic carbocycles. The molecule has 4 aromatic rings. The number of piperazine rings is 1. The van der Waals surface area contributed by atoms with Crippen LogP contribution in [0.4, 0.5) is 5.82 Å². The Morgan fingerprint density at radius 2 is 1.72 bits per heavy atom. The van der Waals surface area contributed by atoms with Crippen LogP contribution in [0, 0.1) is 0 Å². The highest BCUT2D eigenvalue weighted by atomic mass is 16.5. The third-order valence-electron chi connectivity index (χ3n) is 7.92. The minimum absolute atomic E-state index is 0.363. The van der Waals surface area contributed by atoms with Crippen LogP contribution in [-0.2, 0) is 26.1 Å². The molecule has 182 valence electrons. The topological polar surface area (TPSA) is 57.6 Å². The van der Waals surface area contributed by atoms with E-state index >= 15 is 0 Å². The molecule has 0 amide bonds. The van der Waals surface area contributed by atoms with Gasteiger partial charge in [-0.05, 0) is 53.1 Å². The summed E-state index contributed by atoms with van der Waals surface area (Å²) < 4.78 is 6.12. The summed E-state index contributed by atoms with van der Waals surface area (Å²) in [6.45, 7) is 6.14. The standard InChI is InChI=1S/C29H30N6O/c1-33-12-14-34(15-13-33)28-24-17-35(26-16-22-6-2-4-21-5-3-7-23(26)27(21)22)18-25(24)31-29(32-28)36-19-20-8-10-30-11-9-20/h2-11,26H,12-19H2,1H3. The minimum atomic E-state index is 0.363. The normalized spacial score (nSPS) is 19.7. The van der Waals surface area contributed by atoms with E-state index in [-0.39, 0.29) is 0 Å². The molecule has 7 heteroatoms. The number of rotatable bonds is 5. The van der Waals surface area contributed by atoms with Gasteiger partial charge < -0.3 is 14.5 Å². The average Bonchev–Trinajstić information content (AvgIpc) is 3.51. The molecule has 4 heterocycles. The van der Waals surface area contributed by atoms with Crippen LogP contribution in [-0.4, -0.2) is 58.0 Å². The first kappa shape index (κ1) is 21.7. The van der Waals surface area contributed by atoms with Gasteiger partial charge in [-0.15, -0.1) is 0 Å². The maximum absolute atomic E-state index is 6.12. The van der Waals surface area contributed by atoms with Crippen LogP contribution in [0.15, 0.2) is 60.9 Å². The summed E-state index contributed by atoms with van der Waals surface area (Å²) in [5.74, 6) is 1.05. The fourth-order valence-corrected chi connectivity index (χ4v) is 5.97. The molecule has 7 nitrogen and oxygen atoms in total. The lowest BCUT2D eigenvalue weighted by molar-refractivity contribution is 0.203. The molecule has 0 N–H and O–H groups in total. The van der Waals surface area contributed by atoms with Gasteiger partial charge in [0, 0.05) is 63.3 Å². The second kappa shape index (κ2) is 8.84. The minimum Gasteiger partial charge on any atom is -0.459 e. The molecule has 1 atom stereocenters. The van der Waals surface area contributed by atoms with E-state index in [9.17, 15) is 0 Å². The van der Waals surface area contributed by atoms with E-state index in [2.05, 4.69) is 63.1 Å². The number of anilines is 1. The van der Waals surface area contributed by atoms with Gasteiger partial charge in [-0.3, -0.25) is 9.88 Å².